The molecule has 3 rings (SSSR count). The van der Waals surface area contributed by atoms with Gasteiger partial charge in [-0.2, -0.15) is 10.2 Å². The van der Waals surface area contributed by atoms with Crippen molar-refractivity contribution >= 4 is 38.9 Å². The van der Waals surface area contributed by atoms with Crippen molar-refractivity contribution < 1.29 is 4.79 Å². The van der Waals surface area contributed by atoms with E-state index in [-0.39, 0.29) is 10.7 Å². The molecular formula is C16H14BrN3O. The third-order valence-electron chi connectivity index (χ3n) is 3.28. The maximum atomic E-state index is 11.8. The SMILES string of the molecule is O=C1CC(Br)CN1c1ccc(N=Nc2ccccc2)cc1. The van der Waals surface area contributed by atoms with Gasteiger partial charge in [0.25, 0.3) is 0 Å². The molecule has 1 unspecified atom stereocenters. The van der Waals surface area contributed by atoms with Gasteiger partial charge >= 0.3 is 0 Å². The van der Waals surface area contributed by atoms with Crippen LogP contribution in [0.15, 0.2) is 64.8 Å². The van der Waals surface area contributed by atoms with Crippen LogP contribution in [0.25, 0.3) is 0 Å². The minimum Gasteiger partial charge on any atom is -0.311 e. The van der Waals surface area contributed by atoms with Gasteiger partial charge in [0.1, 0.15) is 0 Å². The van der Waals surface area contributed by atoms with Crippen LogP contribution in [0.3, 0.4) is 0 Å². The molecule has 4 nitrogen and oxygen atoms in total. The number of benzene rings is 2. The van der Waals surface area contributed by atoms with Gasteiger partial charge in [0.05, 0.1) is 11.4 Å². The molecule has 0 N–H and O–H groups in total. The van der Waals surface area contributed by atoms with E-state index < -0.39 is 0 Å². The number of carbonyl (C=O) groups excluding carboxylic acids is 1. The van der Waals surface area contributed by atoms with Crippen LogP contribution >= 0.6 is 15.9 Å². The van der Waals surface area contributed by atoms with Gasteiger partial charge in [-0.1, -0.05) is 34.1 Å². The molecule has 1 amide bonds. The summed E-state index contributed by atoms with van der Waals surface area (Å²) in [7, 11) is 0. The van der Waals surface area contributed by atoms with Gasteiger partial charge in [0, 0.05) is 23.5 Å². The van der Waals surface area contributed by atoms with Gasteiger partial charge in [0.15, 0.2) is 0 Å². The van der Waals surface area contributed by atoms with Crippen molar-refractivity contribution in [3.05, 3.63) is 54.6 Å². The summed E-state index contributed by atoms with van der Waals surface area (Å²) in [5.41, 5.74) is 2.49. The summed E-state index contributed by atoms with van der Waals surface area (Å²) in [6.45, 7) is 0.712. The molecule has 0 bridgehead atoms. The highest BCUT2D eigenvalue weighted by atomic mass is 79.9. The zero-order chi connectivity index (χ0) is 14.7. The van der Waals surface area contributed by atoms with Gasteiger partial charge < -0.3 is 4.90 Å². The van der Waals surface area contributed by atoms with Crippen LogP contribution in [0.5, 0.6) is 0 Å². The van der Waals surface area contributed by atoms with Crippen LogP contribution in [0.2, 0.25) is 0 Å². The van der Waals surface area contributed by atoms with Crippen molar-refractivity contribution in [2.24, 2.45) is 10.2 Å². The smallest absolute Gasteiger partial charge is 0.228 e. The van der Waals surface area contributed by atoms with Crippen molar-refractivity contribution in [3.63, 3.8) is 0 Å². The Morgan fingerprint density at radius 1 is 0.952 bits per heavy atom. The van der Waals surface area contributed by atoms with E-state index in [2.05, 4.69) is 26.2 Å². The Hall–Kier alpha value is -2.01. The number of hydrogen-bond donors (Lipinski definition) is 0. The summed E-state index contributed by atoms with van der Waals surface area (Å²) < 4.78 is 0. The molecular weight excluding hydrogens is 330 g/mol. The van der Waals surface area contributed by atoms with E-state index in [1.165, 1.54) is 0 Å². The molecule has 1 fully saturated rings. The Morgan fingerprint density at radius 2 is 1.57 bits per heavy atom. The van der Waals surface area contributed by atoms with Gasteiger partial charge in [0.2, 0.25) is 5.91 Å². The average Bonchev–Trinajstić information content (AvgIpc) is 2.85. The number of rotatable bonds is 3. The van der Waals surface area contributed by atoms with Gasteiger partial charge in [-0.3, -0.25) is 4.79 Å². The molecule has 2 aromatic rings. The summed E-state index contributed by atoms with van der Waals surface area (Å²) >= 11 is 3.49. The molecule has 0 aromatic heterocycles. The molecule has 1 aliphatic heterocycles. The van der Waals surface area contributed by atoms with Crippen molar-refractivity contribution in [2.75, 3.05) is 11.4 Å². The maximum absolute atomic E-state index is 11.8. The number of amides is 1. The van der Waals surface area contributed by atoms with Crippen LogP contribution in [0, 0.1) is 0 Å². The van der Waals surface area contributed by atoms with Crippen molar-refractivity contribution in [2.45, 2.75) is 11.2 Å². The third-order valence-corrected chi connectivity index (χ3v) is 3.89. The van der Waals surface area contributed by atoms with Gasteiger partial charge in [-0.25, -0.2) is 0 Å². The fourth-order valence-corrected chi connectivity index (χ4v) is 2.79. The molecule has 1 heterocycles. The molecule has 0 saturated carbocycles. The minimum atomic E-state index is 0.149. The molecule has 0 aliphatic carbocycles. The van der Waals surface area contributed by atoms with E-state index in [0.29, 0.717) is 13.0 Å². The molecule has 0 radical (unpaired) electrons. The molecule has 0 spiro atoms. The quantitative estimate of drug-likeness (QED) is 0.593. The number of azo groups is 1. The average molecular weight is 344 g/mol. The second kappa shape index (κ2) is 6.18. The van der Waals surface area contributed by atoms with Crippen LogP contribution in [0.1, 0.15) is 6.42 Å². The monoisotopic (exact) mass is 343 g/mol. The van der Waals surface area contributed by atoms with Crippen molar-refractivity contribution in [1.29, 1.82) is 0 Å². The second-order valence-corrected chi connectivity index (χ2v) is 6.15. The van der Waals surface area contributed by atoms with E-state index in [0.717, 1.165) is 17.1 Å². The summed E-state index contributed by atoms with van der Waals surface area (Å²) in [6.07, 6.45) is 0.551. The van der Waals surface area contributed by atoms with E-state index in [1.807, 2.05) is 54.6 Å². The number of nitrogens with zero attached hydrogens (tertiary/aromatic N) is 3. The standard InChI is InChI=1S/C16H14BrN3O/c17-12-10-16(21)20(11-12)15-8-6-14(7-9-15)19-18-13-4-2-1-3-5-13/h1-9,12H,10-11H2. The van der Waals surface area contributed by atoms with E-state index in [9.17, 15) is 4.79 Å². The minimum absolute atomic E-state index is 0.149. The highest BCUT2D eigenvalue weighted by molar-refractivity contribution is 9.09. The Balaban J connectivity index is 1.73. The third kappa shape index (κ3) is 3.36. The largest absolute Gasteiger partial charge is 0.311 e. The molecule has 21 heavy (non-hydrogen) atoms. The van der Waals surface area contributed by atoms with Crippen molar-refractivity contribution in [1.82, 2.24) is 0 Å². The Bertz CT molecular complexity index is 655. The normalized spacial score (nSPS) is 18.6. The number of halogens is 1. The van der Waals surface area contributed by atoms with Crippen LogP contribution in [-0.2, 0) is 4.79 Å². The van der Waals surface area contributed by atoms with Crippen LogP contribution in [0.4, 0.5) is 17.1 Å². The Labute approximate surface area is 131 Å². The lowest BCUT2D eigenvalue weighted by atomic mass is 10.2. The first-order valence-corrected chi connectivity index (χ1v) is 7.65. The van der Waals surface area contributed by atoms with E-state index in [4.69, 9.17) is 0 Å². The second-order valence-electron chi connectivity index (χ2n) is 4.86. The van der Waals surface area contributed by atoms with E-state index in [1.54, 1.807) is 4.90 Å². The van der Waals surface area contributed by atoms with E-state index >= 15 is 0 Å². The molecule has 106 valence electrons. The molecule has 1 atom stereocenters. The van der Waals surface area contributed by atoms with Crippen LogP contribution < -0.4 is 4.90 Å². The lowest BCUT2D eigenvalue weighted by molar-refractivity contribution is -0.117. The van der Waals surface area contributed by atoms with Gasteiger partial charge in [-0.05, 0) is 36.4 Å². The maximum Gasteiger partial charge on any atom is 0.228 e. The molecule has 5 heteroatoms. The fourth-order valence-electron chi connectivity index (χ4n) is 2.22. The van der Waals surface area contributed by atoms with Gasteiger partial charge in [-0.15, -0.1) is 0 Å². The summed E-state index contributed by atoms with van der Waals surface area (Å²) in [5.74, 6) is 0.149. The van der Waals surface area contributed by atoms with Crippen LogP contribution in [-0.4, -0.2) is 17.3 Å². The molecule has 1 saturated heterocycles. The first-order chi connectivity index (χ1) is 10.2. The summed E-state index contributed by atoms with van der Waals surface area (Å²) in [6, 6.07) is 17.1. The number of alkyl halides is 1. The highest BCUT2D eigenvalue weighted by Crippen LogP contribution is 2.27. The fraction of sp³-hybridized carbons (Fsp3) is 0.188. The first-order valence-electron chi connectivity index (χ1n) is 6.74. The number of carbonyl (C=O) groups is 1. The summed E-state index contributed by atoms with van der Waals surface area (Å²) in [4.78, 5) is 13.9. The predicted molar refractivity (Wildman–Crippen MR) is 86.7 cm³/mol. The van der Waals surface area contributed by atoms with Crippen molar-refractivity contribution in [3.8, 4) is 0 Å². The zero-order valence-corrected chi connectivity index (χ0v) is 12.9. The topological polar surface area (TPSA) is 45.0 Å². The lowest BCUT2D eigenvalue weighted by Gasteiger charge is -2.15. The highest BCUT2D eigenvalue weighted by Gasteiger charge is 2.28. The zero-order valence-electron chi connectivity index (χ0n) is 11.3. The number of hydrogen-bond acceptors (Lipinski definition) is 3. The lowest BCUT2D eigenvalue weighted by Crippen LogP contribution is -2.24. The Kier molecular flexibility index (Phi) is 4.10. The molecule has 1 aliphatic rings. The number of anilines is 1. The predicted octanol–water partition coefficient (Wildman–Crippen LogP) is 4.60. The Morgan fingerprint density at radius 3 is 2.14 bits per heavy atom. The first kappa shape index (κ1) is 13.9. The summed E-state index contributed by atoms with van der Waals surface area (Å²) in [5, 5.41) is 8.36. The molecule has 2 aromatic carbocycles.